The van der Waals surface area contributed by atoms with Crippen LogP contribution in [0.5, 0.6) is 0 Å². The molecule has 2 heteroatoms. The number of hydrogen-bond donors (Lipinski definition) is 0. The third-order valence-electron chi connectivity index (χ3n) is 2.99. The van der Waals surface area contributed by atoms with Gasteiger partial charge in [0.1, 0.15) is 0 Å². The van der Waals surface area contributed by atoms with Crippen molar-refractivity contribution in [1.29, 1.82) is 0 Å². The summed E-state index contributed by atoms with van der Waals surface area (Å²) in [7, 11) is -1.48. The standard InChI is InChI=1S/C16H20OSi/c1-2-3-14-17-18(15-10-6-4-7-11-15)16-12-8-5-9-13-16/h4-13,18H,2-3,14H2,1H3. The molecule has 0 aromatic heterocycles. The lowest BCUT2D eigenvalue weighted by atomic mass is 10.4. The highest BCUT2D eigenvalue weighted by atomic mass is 28.3. The molecule has 0 heterocycles. The Kier molecular flexibility index (Phi) is 5.18. The van der Waals surface area contributed by atoms with E-state index < -0.39 is 9.04 Å². The molecule has 0 saturated carbocycles. The highest BCUT2D eigenvalue weighted by Gasteiger charge is 2.16. The molecular formula is C16H20OSi. The van der Waals surface area contributed by atoms with Crippen molar-refractivity contribution in [2.75, 3.05) is 6.61 Å². The third-order valence-corrected chi connectivity index (χ3v) is 5.54. The molecular weight excluding hydrogens is 236 g/mol. The topological polar surface area (TPSA) is 9.23 Å². The van der Waals surface area contributed by atoms with Gasteiger partial charge in [-0.1, -0.05) is 74.0 Å². The van der Waals surface area contributed by atoms with E-state index in [4.69, 9.17) is 4.43 Å². The van der Waals surface area contributed by atoms with Gasteiger partial charge in [-0.15, -0.1) is 0 Å². The van der Waals surface area contributed by atoms with Crippen LogP contribution in [0.1, 0.15) is 19.8 Å². The van der Waals surface area contributed by atoms with Crippen LogP contribution in [0.2, 0.25) is 0 Å². The molecule has 0 aliphatic carbocycles. The zero-order valence-corrected chi connectivity index (χ0v) is 12.0. The zero-order chi connectivity index (χ0) is 12.6. The quantitative estimate of drug-likeness (QED) is 0.569. The zero-order valence-electron chi connectivity index (χ0n) is 10.9. The van der Waals surface area contributed by atoms with E-state index in [0.717, 1.165) is 13.0 Å². The van der Waals surface area contributed by atoms with E-state index in [9.17, 15) is 0 Å². The van der Waals surface area contributed by atoms with E-state index in [-0.39, 0.29) is 0 Å². The lowest BCUT2D eigenvalue weighted by Gasteiger charge is -2.17. The van der Waals surface area contributed by atoms with Gasteiger partial charge in [0.25, 0.3) is 0 Å². The van der Waals surface area contributed by atoms with Gasteiger partial charge < -0.3 is 4.43 Å². The van der Waals surface area contributed by atoms with Crippen molar-refractivity contribution in [2.24, 2.45) is 0 Å². The minimum Gasteiger partial charge on any atom is -0.411 e. The van der Waals surface area contributed by atoms with Crippen molar-refractivity contribution < 1.29 is 4.43 Å². The molecule has 0 saturated heterocycles. The Bertz CT molecular complexity index is 402. The van der Waals surface area contributed by atoms with E-state index >= 15 is 0 Å². The second kappa shape index (κ2) is 7.14. The summed E-state index contributed by atoms with van der Waals surface area (Å²) in [5.41, 5.74) is 0. The van der Waals surface area contributed by atoms with Crippen LogP contribution >= 0.6 is 0 Å². The molecule has 0 unspecified atom stereocenters. The largest absolute Gasteiger partial charge is 0.411 e. The Labute approximate surface area is 111 Å². The molecule has 0 amide bonds. The van der Waals surface area contributed by atoms with Crippen molar-refractivity contribution in [3.05, 3.63) is 60.7 Å². The summed E-state index contributed by atoms with van der Waals surface area (Å²) in [6, 6.07) is 21.3. The number of unbranched alkanes of at least 4 members (excludes halogenated alkanes) is 1. The molecule has 0 bridgehead atoms. The van der Waals surface area contributed by atoms with Crippen LogP contribution in [-0.2, 0) is 4.43 Å². The molecule has 0 aliphatic heterocycles. The van der Waals surface area contributed by atoms with E-state index in [0.29, 0.717) is 0 Å². The Morgan fingerprint density at radius 2 is 1.33 bits per heavy atom. The number of hydrogen-bond acceptors (Lipinski definition) is 1. The lowest BCUT2D eigenvalue weighted by Crippen LogP contribution is -2.45. The molecule has 0 fully saturated rings. The summed E-state index contributed by atoms with van der Waals surface area (Å²) >= 11 is 0. The van der Waals surface area contributed by atoms with Gasteiger partial charge >= 0.3 is 0 Å². The minimum atomic E-state index is -1.48. The highest BCUT2D eigenvalue weighted by molar-refractivity contribution is 6.80. The van der Waals surface area contributed by atoms with Crippen molar-refractivity contribution in [1.82, 2.24) is 0 Å². The van der Waals surface area contributed by atoms with Gasteiger partial charge in [0.15, 0.2) is 0 Å². The summed E-state index contributed by atoms with van der Waals surface area (Å²) in [4.78, 5) is 0. The fourth-order valence-electron chi connectivity index (χ4n) is 1.99. The van der Waals surface area contributed by atoms with Gasteiger partial charge in [0.05, 0.1) is 0 Å². The van der Waals surface area contributed by atoms with Crippen molar-refractivity contribution in [3.63, 3.8) is 0 Å². The van der Waals surface area contributed by atoms with Crippen LogP contribution in [0.3, 0.4) is 0 Å². The molecule has 0 aliphatic rings. The SMILES string of the molecule is CCCCO[SiH](c1ccccc1)c1ccccc1. The van der Waals surface area contributed by atoms with Crippen LogP contribution in [0.25, 0.3) is 0 Å². The number of benzene rings is 2. The summed E-state index contributed by atoms with van der Waals surface area (Å²) < 4.78 is 6.19. The molecule has 0 radical (unpaired) electrons. The fraction of sp³-hybridized carbons (Fsp3) is 0.250. The highest BCUT2D eigenvalue weighted by Crippen LogP contribution is 1.97. The average molecular weight is 256 g/mol. The maximum Gasteiger partial charge on any atom is 0.239 e. The van der Waals surface area contributed by atoms with E-state index in [1.165, 1.54) is 16.8 Å². The molecule has 2 aromatic rings. The lowest BCUT2D eigenvalue weighted by molar-refractivity contribution is 0.324. The first-order chi connectivity index (χ1) is 8.92. The van der Waals surface area contributed by atoms with Crippen LogP contribution in [-0.4, -0.2) is 15.6 Å². The molecule has 0 atom stereocenters. The molecule has 0 N–H and O–H groups in total. The second-order valence-electron chi connectivity index (χ2n) is 4.43. The first-order valence-corrected chi connectivity index (χ1v) is 8.26. The first-order valence-electron chi connectivity index (χ1n) is 6.63. The molecule has 2 rings (SSSR count). The molecule has 2 aromatic carbocycles. The normalized spacial score (nSPS) is 10.8. The fourth-order valence-corrected chi connectivity index (χ4v) is 4.30. The molecule has 0 spiro atoms. The van der Waals surface area contributed by atoms with Gasteiger partial charge in [-0.2, -0.15) is 0 Å². The maximum absolute atomic E-state index is 6.19. The summed E-state index contributed by atoms with van der Waals surface area (Å²) in [5, 5.41) is 2.72. The predicted molar refractivity (Wildman–Crippen MR) is 80.2 cm³/mol. The van der Waals surface area contributed by atoms with Crippen molar-refractivity contribution >= 4 is 19.4 Å². The minimum absolute atomic E-state index is 0.872. The van der Waals surface area contributed by atoms with Crippen molar-refractivity contribution in [2.45, 2.75) is 19.8 Å². The summed E-state index contributed by atoms with van der Waals surface area (Å²) in [6.45, 7) is 3.07. The Hall–Kier alpha value is -1.38. The van der Waals surface area contributed by atoms with Crippen LogP contribution in [0, 0.1) is 0 Å². The van der Waals surface area contributed by atoms with E-state index in [1.54, 1.807) is 0 Å². The smallest absolute Gasteiger partial charge is 0.239 e. The maximum atomic E-state index is 6.19. The number of rotatable bonds is 6. The van der Waals surface area contributed by atoms with Gasteiger partial charge in [-0.3, -0.25) is 0 Å². The van der Waals surface area contributed by atoms with Crippen LogP contribution < -0.4 is 10.4 Å². The van der Waals surface area contributed by atoms with Gasteiger partial charge in [0.2, 0.25) is 9.04 Å². The van der Waals surface area contributed by atoms with E-state index in [2.05, 4.69) is 67.6 Å². The van der Waals surface area contributed by atoms with Gasteiger partial charge in [0, 0.05) is 6.61 Å². The van der Waals surface area contributed by atoms with Gasteiger partial charge in [-0.05, 0) is 16.8 Å². The van der Waals surface area contributed by atoms with Crippen molar-refractivity contribution in [3.8, 4) is 0 Å². The third kappa shape index (κ3) is 3.55. The second-order valence-corrected chi connectivity index (χ2v) is 6.85. The Morgan fingerprint density at radius 1 is 0.833 bits per heavy atom. The first kappa shape index (κ1) is 13.1. The molecule has 18 heavy (non-hydrogen) atoms. The van der Waals surface area contributed by atoms with E-state index in [1.807, 2.05) is 0 Å². The summed E-state index contributed by atoms with van der Waals surface area (Å²) in [6.07, 6.45) is 2.33. The Morgan fingerprint density at radius 3 is 1.78 bits per heavy atom. The molecule has 94 valence electrons. The average Bonchev–Trinajstić information content (AvgIpc) is 2.46. The Balaban J connectivity index is 2.18. The van der Waals surface area contributed by atoms with Crippen LogP contribution in [0.4, 0.5) is 0 Å². The monoisotopic (exact) mass is 256 g/mol. The van der Waals surface area contributed by atoms with Gasteiger partial charge in [-0.25, -0.2) is 0 Å². The predicted octanol–water partition coefficient (Wildman–Crippen LogP) is 2.34. The summed E-state index contributed by atoms with van der Waals surface area (Å²) in [5.74, 6) is 0. The molecule has 1 nitrogen and oxygen atoms in total. The van der Waals surface area contributed by atoms with Crippen LogP contribution in [0.15, 0.2) is 60.7 Å².